The first-order chi connectivity index (χ1) is 9.84. The summed E-state index contributed by atoms with van der Waals surface area (Å²) in [5.74, 6) is -0.279. The summed E-state index contributed by atoms with van der Waals surface area (Å²) < 4.78 is 13.6. The number of benzene rings is 1. The molecule has 0 unspecified atom stereocenters. The quantitative estimate of drug-likeness (QED) is 0.537. The summed E-state index contributed by atoms with van der Waals surface area (Å²) >= 11 is 1.58. The van der Waals surface area contributed by atoms with Gasteiger partial charge < -0.3 is 4.84 Å². The van der Waals surface area contributed by atoms with Crippen LogP contribution in [-0.2, 0) is 11.4 Å². The second-order valence-electron chi connectivity index (χ2n) is 4.13. The number of oxime groups is 1. The minimum atomic E-state index is -0.279. The van der Waals surface area contributed by atoms with Crippen molar-refractivity contribution in [3.63, 3.8) is 0 Å². The lowest BCUT2D eigenvalue weighted by atomic mass is 10.1. The van der Waals surface area contributed by atoms with Crippen molar-refractivity contribution < 1.29 is 9.23 Å². The Kier molecular flexibility index (Phi) is 3.69. The molecule has 0 bridgehead atoms. The van der Waals surface area contributed by atoms with Crippen LogP contribution in [0.1, 0.15) is 10.4 Å². The van der Waals surface area contributed by atoms with Gasteiger partial charge in [0.25, 0.3) is 0 Å². The molecular formula is C15H11FN2OS. The van der Waals surface area contributed by atoms with Crippen LogP contribution in [0.3, 0.4) is 0 Å². The van der Waals surface area contributed by atoms with Crippen molar-refractivity contribution in [1.29, 1.82) is 0 Å². The van der Waals surface area contributed by atoms with Crippen LogP contribution in [0.2, 0.25) is 0 Å². The molecule has 1 aromatic carbocycles. The van der Waals surface area contributed by atoms with Crippen molar-refractivity contribution >= 4 is 28.5 Å². The van der Waals surface area contributed by atoms with E-state index in [1.54, 1.807) is 41.9 Å². The molecular weight excluding hydrogens is 275 g/mol. The minimum absolute atomic E-state index is 0.260. The number of pyridine rings is 1. The standard InChI is InChI=1S/C15H11FN2OS/c16-14-6-5-11(15-13(14)4-1-7-17-15)10-19-18-9-12-3-2-8-20-12/h1-9H,10H2. The van der Waals surface area contributed by atoms with Crippen LogP contribution >= 0.6 is 11.3 Å². The van der Waals surface area contributed by atoms with Crippen LogP contribution in [0.5, 0.6) is 0 Å². The lowest BCUT2D eigenvalue weighted by molar-refractivity contribution is 0.133. The van der Waals surface area contributed by atoms with E-state index >= 15 is 0 Å². The zero-order valence-electron chi connectivity index (χ0n) is 10.5. The molecule has 20 heavy (non-hydrogen) atoms. The van der Waals surface area contributed by atoms with Crippen LogP contribution in [0.25, 0.3) is 10.9 Å². The van der Waals surface area contributed by atoms with Crippen molar-refractivity contribution in [2.75, 3.05) is 0 Å². The zero-order valence-corrected chi connectivity index (χ0v) is 11.3. The van der Waals surface area contributed by atoms with Gasteiger partial charge in [-0.2, -0.15) is 0 Å². The van der Waals surface area contributed by atoms with E-state index in [4.69, 9.17) is 4.84 Å². The maximum atomic E-state index is 13.6. The molecule has 100 valence electrons. The molecule has 0 radical (unpaired) electrons. The highest BCUT2D eigenvalue weighted by atomic mass is 32.1. The highest BCUT2D eigenvalue weighted by Crippen LogP contribution is 2.20. The summed E-state index contributed by atoms with van der Waals surface area (Å²) in [6.45, 7) is 0.260. The van der Waals surface area contributed by atoms with Crippen LogP contribution in [-0.4, -0.2) is 11.2 Å². The van der Waals surface area contributed by atoms with Crippen LogP contribution in [0.15, 0.2) is 53.1 Å². The fraction of sp³-hybridized carbons (Fsp3) is 0.0667. The van der Waals surface area contributed by atoms with Gasteiger partial charge in [-0.3, -0.25) is 4.98 Å². The van der Waals surface area contributed by atoms with E-state index in [-0.39, 0.29) is 12.4 Å². The molecule has 3 rings (SSSR count). The topological polar surface area (TPSA) is 34.5 Å². The summed E-state index contributed by atoms with van der Waals surface area (Å²) in [4.78, 5) is 10.5. The van der Waals surface area contributed by atoms with Gasteiger partial charge in [0.05, 0.1) is 11.7 Å². The molecule has 2 aromatic heterocycles. The Balaban J connectivity index is 1.76. The largest absolute Gasteiger partial charge is 0.391 e. The van der Waals surface area contributed by atoms with Gasteiger partial charge in [-0.15, -0.1) is 11.3 Å². The van der Waals surface area contributed by atoms with E-state index in [1.165, 1.54) is 6.07 Å². The summed E-state index contributed by atoms with van der Waals surface area (Å²) in [5.41, 5.74) is 1.42. The highest BCUT2D eigenvalue weighted by Gasteiger charge is 2.06. The van der Waals surface area contributed by atoms with E-state index in [0.717, 1.165) is 10.4 Å². The number of rotatable bonds is 4. The second kappa shape index (κ2) is 5.79. The Morgan fingerprint density at radius 3 is 3.05 bits per heavy atom. The Bertz CT molecular complexity index is 741. The lowest BCUT2D eigenvalue weighted by Gasteiger charge is -2.05. The number of fused-ring (bicyclic) bond motifs is 1. The average Bonchev–Trinajstić information content (AvgIpc) is 2.99. The van der Waals surface area contributed by atoms with Crippen molar-refractivity contribution in [1.82, 2.24) is 4.98 Å². The van der Waals surface area contributed by atoms with E-state index in [2.05, 4.69) is 10.1 Å². The Labute approximate surface area is 119 Å². The molecule has 0 aliphatic rings. The molecule has 5 heteroatoms. The van der Waals surface area contributed by atoms with Gasteiger partial charge in [0, 0.05) is 22.0 Å². The normalized spacial score (nSPS) is 11.2. The van der Waals surface area contributed by atoms with Gasteiger partial charge in [-0.05, 0) is 29.6 Å². The predicted octanol–water partition coefficient (Wildman–Crippen LogP) is 3.99. The maximum Gasteiger partial charge on any atom is 0.144 e. The minimum Gasteiger partial charge on any atom is -0.391 e. The van der Waals surface area contributed by atoms with E-state index in [0.29, 0.717) is 10.9 Å². The second-order valence-corrected chi connectivity index (χ2v) is 5.11. The molecule has 0 spiro atoms. The van der Waals surface area contributed by atoms with Gasteiger partial charge in [0.2, 0.25) is 0 Å². The van der Waals surface area contributed by atoms with E-state index in [1.807, 2.05) is 17.5 Å². The Morgan fingerprint density at radius 1 is 1.25 bits per heavy atom. The van der Waals surface area contributed by atoms with E-state index in [9.17, 15) is 4.39 Å². The van der Waals surface area contributed by atoms with Crippen molar-refractivity contribution in [3.8, 4) is 0 Å². The average molecular weight is 286 g/mol. The van der Waals surface area contributed by atoms with Gasteiger partial charge >= 0.3 is 0 Å². The van der Waals surface area contributed by atoms with Crippen LogP contribution < -0.4 is 0 Å². The molecule has 0 saturated heterocycles. The molecule has 0 atom stereocenters. The molecule has 0 fully saturated rings. The first kappa shape index (κ1) is 12.7. The third-order valence-corrected chi connectivity index (χ3v) is 3.62. The fourth-order valence-corrected chi connectivity index (χ4v) is 2.45. The molecule has 2 heterocycles. The van der Waals surface area contributed by atoms with Crippen LogP contribution in [0.4, 0.5) is 4.39 Å². The highest BCUT2D eigenvalue weighted by molar-refractivity contribution is 7.11. The molecule has 0 aliphatic heterocycles. The molecule has 3 nitrogen and oxygen atoms in total. The fourth-order valence-electron chi connectivity index (χ4n) is 1.87. The Morgan fingerprint density at radius 2 is 2.20 bits per heavy atom. The third-order valence-electron chi connectivity index (χ3n) is 2.82. The van der Waals surface area contributed by atoms with Crippen molar-refractivity contribution in [2.45, 2.75) is 6.61 Å². The number of nitrogens with zero attached hydrogens (tertiary/aromatic N) is 2. The number of thiophene rings is 1. The number of hydrogen-bond donors (Lipinski definition) is 0. The van der Waals surface area contributed by atoms with Gasteiger partial charge in [0.15, 0.2) is 0 Å². The van der Waals surface area contributed by atoms with Crippen molar-refractivity contribution in [2.24, 2.45) is 5.16 Å². The molecule has 0 aliphatic carbocycles. The SMILES string of the molecule is Fc1ccc(CON=Cc2cccs2)c2ncccc12. The Hall–Kier alpha value is -2.27. The van der Waals surface area contributed by atoms with Gasteiger partial charge in [-0.1, -0.05) is 17.3 Å². The smallest absolute Gasteiger partial charge is 0.144 e. The van der Waals surface area contributed by atoms with E-state index < -0.39 is 0 Å². The summed E-state index contributed by atoms with van der Waals surface area (Å²) in [6, 6.07) is 10.4. The first-order valence-corrected chi connectivity index (χ1v) is 6.93. The summed E-state index contributed by atoms with van der Waals surface area (Å²) in [5, 5.41) is 6.37. The lowest BCUT2D eigenvalue weighted by Crippen LogP contribution is -1.93. The molecule has 0 amide bonds. The summed E-state index contributed by atoms with van der Waals surface area (Å²) in [6.07, 6.45) is 3.30. The van der Waals surface area contributed by atoms with Crippen molar-refractivity contribution in [3.05, 3.63) is 64.2 Å². The number of aromatic nitrogens is 1. The predicted molar refractivity (Wildman–Crippen MR) is 78.4 cm³/mol. The zero-order chi connectivity index (χ0) is 13.8. The summed E-state index contributed by atoms with van der Waals surface area (Å²) in [7, 11) is 0. The van der Waals surface area contributed by atoms with Gasteiger partial charge in [0.1, 0.15) is 12.4 Å². The molecule has 0 saturated carbocycles. The van der Waals surface area contributed by atoms with Gasteiger partial charge in [-0.25, -0.2) is 4.39 Å². The molecule has 0 N–H and O–H groups in total. The monoisotopic (exact) mass is 286 g/mol. The third kappa shape index (κ3) is 2.67. The van der Waals surface area contributed by atoms with Crippen LogP contribution in [0, 0.1) is 5.82 Å². The maximum absolute atomic E-state index is 13.6. The number of halogens is 1. The molecule has 3 aromatic rings. The first-order valence-electron chi connectivity index (χ1n) is 6.05. The number of hydrogen-bond acceptors (Lipinski definition) is 4.